The number of methoxy groups -OCH3 is 1. The molecule has 1 heterocycles. The van der Waals surface area contributed by atoms with Crippen molar-refractivity contribution in [3.8, 4) is 0 Å². The van der Waals surface area contributed by atoms with E-state index in [-0.39, 0.29) is 29.2 Å². The molecule has 6 nitrogen and oxygen atoms in total. The second-order valence-corrected chi connectivity index (χ2v) is 12.4. The van der Waals surface area contributed by atoms with Gasteiger partial charge in [-0.15, -0.1) is 5.10 Å². The zero-order valence-electron chi connectivity index (χ0n) is 22.1. The lowest BCUT2D eigenvalue weighted by Crippen LogP contribution is -2.55. The summed E-state index contributed by atoms with van der Waals surface area (Å²) >= 11 is 0. The Bertz CT molecular complexity index is 1080. The maximum atomic E-state index is 14.0. The van der Waals surface area contributed by atoms with Crippen LogP contribution in [-0.4, -0.2) is 45.2 Å². The van der Waals surface area contributed by atoms with Crippen LogP contribution in [0.2, 0.25) is 0 Å². The molecule has 1 aromatic carbocycles. The molecule has 3 aliphatic carbocycles. The van der Waals surface area contributed by atoms with E-state index in [4.69, 9.17) is 4.74 Å². The first-order valence-electron chi connectivity index (χ1n) is 14.0. The Morgan fingerprint density at radius 3 is 2.83 bits per heavy atom. The lowest BCUT2D eigenvalue weighted by atomic mass is 9.48. The quantitative estimate of drug-likeness (QED) is 0.582. The lowest BCUT2D eigenvalue weighted by Gasteiger charge is -2.59. The number of rotatable bonds is 5. The van der Waals surface area contributed by atoms with Crippen molar-refractivity contribution in [3.63, 3.8) is 0 Å². The molecule has 3 fully saturated rings. The van der Waals surface area contributed by atoms with Crippen LogP contribution in [0.5, 0.6) is 0 Å². The van der Waals surface area contributed by atoms with Gasteiger partial charge in [-0.1, -0.05) is 24.6 Å². The number of hydrogen-bond acceptors (Lipinski definition) is 5. The van der Waals surface area contributed by atoms with Crippen molar-refractivity contribution in [2.75, 3.05) is 13.7 Å². The fourth-order valence-corrected chi connectivity index (χ4v) is 8.27. The first kappa shape index (κ1) is 25.8. The van der Waals surface area contributed by atoms with Crippen LogP contribution < -0.4 is 0 Å². The number of aliphatic hydroxyl groups is 1. The van der Waals surface area contributed by atoms with E-state index >= 15 is 0 Å². The van der Waals surface area contributed by atoms with E-state index in [9.17, 15) is 14.3 Å². The highest BCUT2D eigenvalue weighted by atomic mass is 19.1. The van der Waals surface area contributed by atoms with Crippen LogP contribution in [0.3, 0.4) is 0 Å². The molecule has 3 saturated carbocycles. The van der Waals surface area contributed by atoms with Crippen LogP contribution in [0.1, 0.15) is 78.1 Å². The maximum Gasteiger partial charge on any atom is 0.157 e. The smallest absolute Gasteiger partial charge is 0.157 e. The molecule has 7 atom stereocenters. The molecule has 3 aliphatic rings. The predicted molar refractivity (Wildman–Crippen MR) is 137 cm³/mol. The van der Waals surface area contributed by atoms with Gasteiger partial charge in [0.15, 0.2) is 11.6 Å². The highest BCUT2D eigenvalue weighted by Crippen LogP contribution is 2.60. The number of ketones is 1. The molecule has 0 radical (unpaired) electrons. The number of carbonyl (C=O) groups is 1. The van der Waals surface area contributed by atoms with Crippen LogP contribution in [0.25, 0.3) is 11.0 Å². The molecule has 5 rings (SSSR count). The standard InChI is InChI=1S/C29H42FN3O3/c1-19-10-11-20(26(34)17-33-25-9-5-8-24(30)27(25)31-32-33)6-4-7-23-22(19)13-12-21-16-28(2,35)14-15-29(21,23)18-36-3/h5,8-9,19-23,35H,4,6-7,10-18H2,1-3H3/t19-,20+,21+,22-,23-,28+,29+/m0/s1. The Morgan fingerprint density at radius 1 is 1.19 bits per heavy atom. The summed E-state index contributed by atoms with van der Waals surface area (Å²) in [6.07, 6.45) is 10.1. The number of benzene rings is 1. The largest absolute Gasteiger partial charge is 0.390 e. The Kier molecular flexibility index (Phi) is 7.25. The summed E-state index contributed by atoms with van der Waals surface area (Å²) in [4.78, 5) is 13.4. The fourth-order valence-electron chi connectivity index (χ4n) is 8.27. The van der Waals surface area contributed by atoms with E-state index in [0.29, 0.717) is 29.2 Å². The van der Waals surface area contributed by atoms with Gasteiger partial charge in [0.05, 0.1) is 17.7 Å². The van der Waals surface area contributed by atoms with Crippen molar-refractivity contribution in [3.05, 3.63) is 24.0 Å². The highest BCUT2D eigenvalue weighted by Gasteiger charge is 2.55. The van der Waals surface area contributed by atoms with E-state index in [1.807, 2.05) is 14.0 Å². The summed E-state index contributed by atoms with van der Waals surface area (Å²) in [6, 6.07) is 4.78. The summed E-state index contributed by atoms with van der Waals surface area (Å²) in [5.74, 6) is 2.07. The number of aromatic nitrogens is 3. The van der Waals surface area contributed by atoms with Crippen LogP contribution in [0, 0.1) is 40.8 Å². The normalized spacial score (nSPS) is 37.4. The average molecular weight is 500 g/mol. The minimum Gasteiger partial charge on any atom is -0.390 e. The zero-order valence-corrected chi connectivity index (χ0v) is 22.1. The van der Waals surface area contributed by atoms with Crippen molar-refractivity contribution in [2.45, 2.75) is 90.2 Å². The molecule has 0 spiro atoms. The number of fused-ring (bicyclic) bond motifs is 4. The molecule has 1 N–H and O–H groups in total. The van der Waals surface area contributed by atoms with Gasteiger partial charge < -0.3 is 9.84 Å². The van der Waals surface area contributed by atoms with Crippen LogP contribution >= 0.6 is 0 Å². The minimum atomic E-state index is -0.565. The van der Waals surface area contributed by atoms with Gasteiger partial charge in [0, 0.05) is 13.0 Å². The van der Waals surface area contributed by atoms with Crippen LogP contribution in [0.4, 0.5) is 4.39 Å². The second kappa shape index (κ2) is 10.1. The first-order chi connectivity index (χ1) is 17.2. The van der Waals surface area contributed by atoms with E-state index < -0.39 is 11.4 Å². The van der Waals surface area contributed by atoms with Gasteiger partial charge in [0.1, 0.15) is 12.1 Å². The van der Waals surface area contributed by atoms with Gasteiger partial charge in [-0.3, -0.25) is 4.79 Å². The topological polar surface area (TPSA) is 77.2 Å². The number of ether oxygens (including phenoxy) is 1. The fraction of sp³-hybridized carbons (Fsp3) is 0.759. The molecule has 7 heteroatoms. The monoisotopic (exact) mass is 499 g/mol. The molecule has 0 bridgehead atoms. The summed E-state index contributed by atoms with van der Waals surface area (Å²) in [5.41, 5.74) is 0.375. The van der Waals surface area contributed by atoms with Crippen molar-refractivity contribution in [1.29, 1.82) is 0 Å². The lowest BCUT2D eigenvalue weighted by molar-refractivity contribution is -0.151. The molecule has 2 aromatic rings. The molecule has 0 aliphatic heterocycles. The summed E-state index contributed by atoms with van der Waals surface area (Å²) in [6.45, 7) is 5.32. The van der Waals surface area contributed by atoms with Gasteiger partial charge in [0.25, 0.3) is 0 Å². The molecule has 198 valence electrons. The number of Topliss-reactive ketones (excluding diaryl/α,β-unsaturated/α-hetero) is 1. The van der Waals surface area contributed by atoms with Gasteiger partial charge in [-0.25, -0.2) is 9.07 Å². The molecular weight excluding hydrogens is 457 g/mol. The zero-order chi connectivity index (χ0) is 25.5. The van der Waals surface area contributed by atoms with Crippen molar-refractivity contribution in [2.24, 2.45) is 35.0 Å². The van der Waals surface area contributed by atoms with E-state index in [0.717, 1.165) is 58.0 Å². The number of carbonyl (C=O) groups excluding carboxylic acids is 1. The first-order valence-corrected chi connectivity index (χ1v) is 14.0. The number of nitrogens with zero attached hydrogens (tertiary/aromatic N) is 3. The molecular formula is C29H42FN3O3. The maximum absolute atomic E-state index is 14.0. The Balaban J connectivity index is 1.33. The average Bonchev–Trinajstić information content (AvgIpc) is 3.27. The number of halogens is 1. The van der Waals surface area contributed by atoms with Crippen molar-refractivity contribution < 1.29 is 19.0 Å². The third kappa shape index (κ3) is 4.73. The van der Waals surface area contributed by atoms with Crippen molar-refractivity contribution in [1.82, 2.24) is 15.0 Å². The van der Waals surface area contributed by atoms with E-state index in [1.165, 1.54) is 18.9 Å². The predicted octanol–water partition coefficient (Wildman–Crippen LogP) is 5.57. The van der Waals surface area contributed by atoms with E-state index in [2.05, 4.69) is 17.2 Å². The summed E-state index contributed by atoms with van der Waals surface area (Å²) in [7, 11) is 1.83. The van der Waals surface area contributed by atoms with Gasteiger partial charge in [-0.05, 0) is 106 Å². The molecule has 36 heavy (non-hydrogen) atoms. The summed E-state index contributed by atoms with van der Waals surface area (Å²) in [5, 5.41) is 18.9. The van der Waals surface area contributed by atoms with E-state index in [1.54, 1.807) is 16.8 Å². The molecule has 0 unspecified atom stereocenters. The van der Waals surface area contributed by atoms with Crippen LogP contribution in [0.15, 0.2) is 18.2 Å². The molecule has 0 amide bonds. The molecule has 0 saturated heterocycles. The Hall–Kier alpha value is -1.86. The molecule has 1 aromatic heterocycles. The van der Waals surface area contributed by atoms with Crippen molar-refractivity contribution >= 4 is 16.8 Å². The number of hydrogen-bond donors (Lipinski definition) is 1. The highest BCUT2D eigenvalue weighted by molar-refractivity contribution is 5.83. The SMILES string of the molecule is COC[C@]12CC[C@@](C)(O)C[C@H]1CC[C@H]1[C@@H](C)CC[C@H](C(=O)Cn3nnc4c(F)cccc43)CCC[C@@H]12. The minimum absolute atomic E-state index is 0.00155. The second-order valence-electron chi connectivity index (χ2n) is 12.4. The van der Waals surface area contributed by atoms with Gasteiger partial charge in [0.2, 0.25) is 0 Å². The van der Waals surface area contributed by atoms with Crippen LogP contribution in [-0.2, 0) is 16.1 Å². The summed E-state index contributed by atoms with van der Waals surface area (Å²) < 4.78 is 21.5. The Labute approximate surface area is 214 Å². The third-order valence-corrected chi connectivity index (χ3v) is 10.2. The third-order valence-electron chi connectivity index (χ3n) is 10.2. The van der Waals surface area contributed by atoms with Gasteiger partial charge >= 0.3 is 0 Å². The Morgan fingerprint density at radius 2 is 2.03 bits per heavy atom. The van der Waals surface area contributed by atoms with Gasteiger partial charge in [-0.2, -0.15) is 0 Å².